The first-order chi connectivity index (χ1) is 10.6. The second kappa shape index (κ2) is 8.30. The SMILES string of the molecule is CNCCCc1c(C)ccc(Cl)c1CCc1cccc(F)c1. The number of aryl methyl sites for hydroxylation is 2. The van der Waals surface area contributed by atoms with Crippen LogP contribution in [0.1, 0.15) is 28.7 Å². The van der Waals surface area contributed by atoms with Crippen LogP contribution >= 0.6 is 11.6 Å². The zero-order chi connectivity index (χ0) is 15.9. The Morgan fingerprint density at radius 2 is 1.86 bits per heavy atom. The zero-order valence-electron chi connectivity index (χ0n) is 13.3. The summed E-state index contributed by atoms with van der Waals surface area (Å²) in [5.74, 6) is -0.179. The van der Waals surface area contributed by atoms with Crippen molar-refractivity contribution in [3.05, 3.63) is 69.5 Å². The third kappa shape index (κ3) is 4.56. The fraction of sp³-hybridized carbons (Fsp3) is 0.368. The van der Waals surface area contributed by atoms with E-state index in [0.29, 0.717) is 0 Å². The van der Waals surface area contributed by atoms with Crippen molar-refractivity contribution in [2.24, 2.45) is 0 Å². The standard InChI is InChI=1S/C19H23ClFN/c1-14-8-11-19(20)18(17(14)7-4-12-22-2)10-9-15-5-3-6-16(21)13-15/h3,5-6,8,11,13,22H,4,7,9-10,12H2,1-2H3. The maximum absolute atomic E-state index is 13.3. The predicted molar refractivity (Wildman–Crippen MR) is 92.2 cm³/mol. The van der Waals surface area contributed by atoms with Crippen LogP contribution in [0.15, 0.2) is 36.4 Å². The van der Waals surface area contributed by atoms with E-state index in [1.165, 1.54) is 22.8 Å². The first-order valence-corrected chi connectivity index (χ1v) is 8.15. The number of rotatable bonds is 7. The molecule has 22 heavy (non-hydrogen) atoms. The van der Waals surface area contributed by atoms with Crippen molar-refractivity contribution in [2.45, 2.75) is 32.6 Å². The molecular weight excluding hydrogens is 297 g/mol. The highest BCUT2D eigenvalue weighted by Crippen LogP contribution is 2.26. The lowest BCUT2D eigenvalue weighted by molar-refractivity contribution is 0.625. The van der Waals surface area contributed by atoms with Crippen molar-refractivity contribution >= 4 is 11.6 Å². The minimum Gasteiger partial charge on any atom is -0.320 e. The van der Waals surface area contributed by atoms with Gasteiger partial charge in [0.15, 0.2) is 0 Å². The van der Waals surface area contributed by atoms with Gasteiger partial charge in [0, 0.05) is 5.02 Å². The molecular formula is C19H23ClFN. The minimum absolute atomic E-state index is 0.179. The molecule has 2 rings (SSSR count). The molecule has 0 spiro atoms. The molecule has 0 amide bonds. The van der Waals surface area contributed by atoms with Crippen LogP contribution in [0.25, 0.3) is 0 Å². The molecule has 0 heterocycles. The van der Waals surface area contributed by atoms with Crippen LogP contribution < -0.4 is 5.32 Å². The monoisotopic (exact) mass is 319 g/mol. The number of halogens is 2. The third-order valence-corrected chi connectivity index (χ3v) is 4.37. The third-order valence-electron chi connectivity index (χ3n) is 4.01. The summed E-state index contributed by atoms with van der Waals surface area (Å²) in [6, 6.07) is 10.9. The van der Waals surface area contributed by atoms with E-state index in [9.17, 15) is 4.39 Å². The Morgan fingerprint density at radius 3 is 2.59 bits per heavy atom. The van der Waals surface area contributed by atoms with Crippen LogP contribution in [0.3, 0.4) is 0 Å². The van der Waals surface area contributed by atoms with Crippen LogP contribution in [-0.4, -0.2) is 13.6 Å². The Morgan fingerprint density at radius 1 is 1.05 bits per heavy atom. The van der Waals surface area contributed by atoms with Crippen molar-refractivity contribution in [3.63, 3.8) is 0 Å². The molecule has 0 bridgehead atoms. The summed E-state index contributed by atoms with van der Waals surface area (Å²) in [4.78, 5) is 0. The van der Waals surface area contributed by atoms with Crippen molar-refractivity contribution in [3.8, 4) is 0 Å². The maximum Gasteiger partial charge on any atom is 0.123 e. The number of benzene rings is 2. The van der Waals surface area contributed by atoms with E-state index in [4.69, 9.17) is 11.6 Å². The minimum atomic E-state index is -0.179. The van der Waals surface area contributed by atoms with Crippen molar-refractivity contribution in [2.75, 3.05) is 13.6 Å². The number of hydrogen-bond acceptors (Lipinski definition) is 1. The Hall–Kier alpha value is -1.38. The molecule has 0 fully saturated rings. The molecule has 118 valence electrons. The quantitative estimate of drug-likeness (QED) is 0.728. The van der Waals surface area contributed by atoms with Gasteiger partial charge in [-0.2, -0.15) is 0 Å². The zero-order valence-corrected chi connectivity index (χ0v) is 14.0. The Bertz CT molecular complexity index is 625. The van der Waals surface area contributed by atoms with E-state index in [1.54, 1.807) is 12.1 Å². The second-order valence-corrected chi connectivity index (χ2v) is 6.07. The van der Waals surface area contributed by atoms with Crippen LogP contribution in [0, 0.1) is 12.7 Å². The fourth-order valence-corrected chi connectivity index (χ4v) is 3.08. The number of nitrogens with one attached hydrogen (secondary N) is 1. The summed E-state index contributed by atoms with van der Waals surface area (Å²) in [6.45, 7) is 3.13. The summed E-state index contributed by atoms with van der Waals surface area (Å²) in [5, 5.41) is 4.00. The van der Waals surface area contributed by atoms with Crippen molar-refractivity contribution in [1.82, 2.24) is 5.32 Å². The summed E-state index contributed by atoms with van der Waals surface area (Å²) in [5.41, 5.74) is 4.86. The molecule has 3 heteroatoms. The van der Waals surface area contributed by atoms with Gasteiger partial charge in [-0.1, -0.05) is 29.8 Å². The predicted octanol–water partition coefficient (Wildman–Crippen LogP) is 4.72. The second-order valence-electron chi connectivity index (χ2n) is 5.66. The lowest BCUT2D eigenvalue weighted by Crippen LogP contribution is -2.10. The summed E-state index contributed by atoms with van der Waals surface area (Å²) < 4.78 is 13.3. The van der Waals surface area contributed by atoms with E-state index >= 15 is 0 Å². The summed E-state index contributed by atoms with van der Waals surface area (Å²) in [6.07, 6.45) is 3.76. The molecule has 0 radical (unpaired) electrons. The fourth-order valence-electron chi connectivity index (χ4n) is 2.80. The van der Waals surface area contributed by atoms with Gasteiger partial charge in [-0.15, -0.1) is 0 Å². The molecule has 0 unspecified atom stereocenters. The van der Waals surface area contributed by atoms with Crippen LogP contribution in [0.4, 0.5) is 4.39 Å². The van der Waals surface area contributed by atoms with Gasteiger partial charge in [-0.3, -0.25) is 0 Å². The Labute approximate surface area is 137 Å². The lowest BCUT2D eigenvalue weighted by atomic mass is 9.93. The summed E-state index contributed by atoms with van der Waals surface area (Å²) in [7, 11) is 1.97. The highest BCUT2D eigenvalue weighted by molar-refractivity contribution is 6.31. The first kappa shape index (κ1) is 17.0. The largest absolute Gasteiger partial charge is 0.320 e. The van der Waals surface area contributed by atoms with Gasteiger partial charge in [0.25, 0.3) is 0 Å². The molecule has 0 aliphatic heterocycles. The molecule has 0 saturated heterocycles. The molecule has 0 saturated carbocycles. The van der Waals surface area contributed by atoms with E-state index in [1.807, 2.05) is 19.2 Å². The molecule has 0 aliphatic carbocycles. The molecule has 1 nitrogen and oxygen atoms in total. The average molecular weight is 320 g/mol. The van der Waals surface area contributed by atoms with Gasteiger partial charge in [-0.05, 0) is 86.7 Å². The molecule has 0 aliphatic rings. The van der Waals surface area contributed by atoms with Crippen LogP contribution in [0.2, 0.25) is 5.02 Å². The molecule has 2 aromatic carbocycles. The smallest absolute Gasteiger partial charge is 0.123 e. The van der Waals surface area contributed by atoms with Gasteiger partial charge in [0.2, 0.25) is 0 Å². The molecule has 2 aromatic rings. The van der Waals surface area contributed by atoms with Crippen molar-refractivity contribution in [1.29, 1.82) is 0 Å². The van der Waals surface area contributed by atoms with E-state index < -0.39 is 0 Å². The van der Waals surface area contributed by atoms with Gasteiger partial charge in [0.1, 0.15) is 5.82 Å². The van der Waals surface area contributed by atoms with Gasteiger partial charge in [0.05, 0.1) is 0 Å². The van der Waals surface area contributed by atoms with Crippen LogP contribution in [0.5, 0.6) is 0 Å². The van der Waals surface area contributed by atoms with E-state index in [-0.39, 0.29) is 5.82 Å². The van der Waals surface area contributed by atoms with Gasteiger partial charge in [-0.25, -0.2) is 4.39 Å². The molecule has 0 aromatic heterocycles. The number of hydrogen-bond donors (Lipinski definition) is 1. The highest BCUT2D eigenvalue weighted by atomic mass is 35.5. The first-order valence-electron chi connectivity index (χ1n) is 7.77. The average Bonchev–Trinajstić information content (AvgIpc) is 2.50. The maximum atomic E-state index is 13.3. The van der Waals surface area contributed by atoms with Crippen LogP contribution in [-0.2, 0) is 19.3 Å². The Balaban J connectivity index is 2.16. The van der Waals surface area contributed by atoms with Gasteiger partial charge >= 0.3 is 0 Å². The highest BCUT2D eigenvalue weighted by Gasteiger charge is 2.10. The van der Waals surface area contributed by atoms with Gasteiger partial charge < -0.3 is 5.32 Å². The van der Waals surface area contributed by atoms with E-state index in [0.717, 1.165) is 42.8 Å². The van der Waals surface area contributed by atoms with Crippen molar-refractivity contribution < 1.29 is 4.39 Å². The normalized spacial score (nSPS) is 10.9. The Kier molecular flexibility index (Phi) is 6.41. The topological polar surface area (TPSA) is 12.0 Å². The lowest BCUT2D eigenvalue weighted by Gasteiger charge is -2.15. The molecule has 1 N–H and O–H groups in total. The summed E-state index contributed by atoms with van der Waals surface area (Å²) >= 11 is 6.42. The molecule has 0 atom stereocenters. The van der Waals surface area contributed by atoms with E-state index in [2.05, 4.69) is 18.3 Å².